The number of terminal acetylenes is 1. The SMILES string of the molecule is C#CC/C(=C\C(=C)/C(=C/C=C(\CN(C)c1ccccc1)c1ccccc1)CC(C)/C=C\C=C/C=C)N(/C(C)=C/C=C(CC)/C(C)=C/C=C\C)c1ccccc1-c1ccccc1. The molecular weight excluding hydrogens is 737 g/mol. The normalized spacial score (nSPS) is 13.8. The topological polar surface area (TPSA) is 6.48 Å². The first-order valence-electron chi connectivity index (χ1n) is 21.3. The van der Waals surface area contributed by atoms with Crippen LogP contribution in [0.2, 0.25) is 0 Å². The standard InChI is InChI=1S/C59H64N2/c1-10-14-16-20-30-47(5)44-54(42-43-55(52-32-21-17-22-33-52)46-60(9)56-36-25-19-26-37-56)49(7)45-57(29-12-3)61(50(8)40-41-51(13-4)48(6)31-15-11-2)59-39-28-27-38-58(59)53-34-23-18-24-35-53/h3,10-11,14-28,30-43,45,47H,1,7,13,29,44,46H2,2,4-6,8-9H3/b15-11-,16-14-,30-20-,48-31+,50-40+,51-41+,54-42+,55-43+,57-45+. The monoisotopic (exact) mass is 801 g/mol. The van der Waals surface area contributed by atoms with Gasteiger partial charge in [-0.05, 0) is 109 Å². The van der Waals surface area contributed by atoms with Crippen LogP contribution in [0.15, 0.2) is 241 Å². The Morgan fingerprint density at radius 1 is 0.754 bits per heavy atom. The molecule has 0 spiro atoms. The molecule has 2 nitrogen and oxygen atoms in total. The van der Waals surface area contributed by atoms with Crippen LogP contribution in [0.1, 0.15) is 59.4 Å². The average molecular weight is 801 g/mol. The van der Waals surface area contributed by atoms with Gasteiger partial charge in [0.2, 0.25) is 0 Å². The largest absolute Gasteiger partial charge is 0.370 e. The molecule has 4 aromatic rings. The number of likely N-dealkylation sites (N-methyl/N-ethyl adjacent to an activating group) is 1. The molecule has 0 bridgehead atoms. The second-order valence-corrected chi connectivity index (χ2v) is 15.1. The highest BCUT2D eigenvalue weighted by Gasteiger charge is 2.19. The molecule has 0 aliphatic carbocycles. The molecule has 0 fully saturated rings. The third kappa shape index (κ3) is 14.8. The first-order valence-corrected chi connectivity index (χ1v) is 21.3. The van der Waals surface area contributed by atoms with Crippen molar-refractivity contribution in [1.29, 1.82) is 0 Å². The number of nitrogens with zero attached hydrogens (tertiary/aromatic N) is 2. The smallest absolute Gasteiger partial charge is 0.0533 e. The zero-order valence-corrected chi connectivity index (χ0v) is 37.3. The molecule has 1 atom stereocenters. The molecule has 0 aromatic heterocycles. The fourth-order valence-electron chi connectivity index (χ4n) is 7.11. The van der Waals surface area contributed by atoms with E-state index in [4.69, 9.17) is 13.0 Å². The first kappa shape index (κ1) is 46.9. The van der Waals surface area contributed by atoms with E-state index in [1.54, 1.807) is 6.08 Å². The number of allylic oxidation sites excluding steroid dienone is 19. The molecule has 0 heterocycles. The fraction of sp³-hybridized carbons (Fsp3) is 0.186. The summed E-state index contributed by atoms with van der Waals surface area (Å²) in [5.74, 6) is 3.24. The number of benzene rings is 4. The van der Waals surface area contributed by atoms with Crippen LogP contribution in [0.4, 0.5) is 11.4 Å². The molecule has 0 saturated heterocycles. The van der Waals surface area contributed by atoms with Crippen LogP contribution in [0.5, 0.6) is 0 Å². The van der Waals surface area contributed by atoms with Crippen LogP contribution in [0.3, 0.4) is 0 Å². The van der Waals surface area contributed by atoms with Crippen molar-refractivity contribution in [3.05, 3.63) is 247 Å². The van der Waals surface area contributed by atoms with Crippen molar-refractivity contribution in [3.8, 4) is 23.5 Å². The molecule has 0 amide bonds. The third-order valence-electron chi connectivity index (χ3n) is 10.4. The Bertz CT molecular complexity index is 2350. The van der Waals surface area contributed by atoms with Crippen molar-refractivity contribution in [3.63, 3.8) is 0 Å². The first-order chi connectivity index (χ1) is 29.7. The summed E-state index contributed by atoms with van der Waals surface area (Å²) in [4.78, 5) is 4.61. The maximum atomic E-state index is 6.25. The highest BCUT2D eigenvalue weighted by molar-refractivity contribution is 5.82. The van der Waals surface area contributed by atoms with Gasteiger partial charge >= 0.3 is 0 Å². The predicted molar refractivity (Wildman–Crippen MR) is 270 cm³/mol. The lowest BCUT2D eigenvalue weighted by Gasteiger charge is -2.30. The van der Waals surface area contributed by atoms with E-state index in [0.29, 0.717) is 6.42 Å². The number of hydrogen-bond acceptors (Lipinski definition) is 2. The van der Waals surface area contributed by atoms with Gasteiger partial charge in [0.1, 0.15) is 0 Å². The lowest BCUT2D eigenvalue weighted by atomic mass is 9.93. The van der Waals surface area contributed by atoms with Gasteiger partial charge in [0, 0.05) is 42.7 Å². The molecule has 0 saturated carbocycles. The van der Waals surface area contributed by atoms with Crippen molar-refractivity contribution in [2.24, 2.45) is 5.92 Å². The number of rotatable bonds is 21. The van der Waals surface area contributed by atoms with Gasteiger partial charge in [-0.3, -0.25) is 0 Å². The lowest BCUT2D eigenvalue weighted by molar-refractivity contribution is 0.723. The molecule has 0 aliphatic rings. The van der Waals surface area contributed by atoms with E-state index in [1.165, 1.54) is 22.3 Å². The van der Waals surface area contributed by atoms with E-state index in [9.17, 15) is 0 Å². The fourth-order valence-corrected chi connectivity index (χ4v) is 7.11. The summed E-state index contributed by atoms with van der Waals surface area (Å²) in [6.07, 6.45) is 36.0. The summed E-state index contributed by atoms with van der Waals surface area (Å²) in [6.45, 7) is 20.2. The Morgan fingerprint density at radius 2 is 1.39 bits per heavy atom. The average Bonchev–Trinajstić information content (AvgIpc) is 3.29. The Balaban J connectivity index is 1.94. The molecule has 0 N–H and O–H groups in total. The van der Waals surface area contributed by atoms with Gasteiger partial charge in [0.25, 0.3) is 0 Å². The van der Waals surface area contributed by atoms with Crippen LogP contribution in [-0.2, 0) is 0 Å². The zero-order chi connectivity index (χ0) is 43.8. The molecule has 4 aromatic carbocycles. The molecular formula is C59H64N2. The van der Waals surface area contributed by atoms with Crippen molar-refractivity contribution in [2.45, 2.75) is 53.9 Å². The van der Waals surface area contributed by atoms with Crippen LogP contribution < -0.4 is 9.80 Å². The molecule has 310 valence electrons. The molecule has 0 radical (unpaired) electrons. The van der Waals surface area contributed by atoms with Crippen LogP contribution in [0.25, 0.3) is 16.7 Å². The Morgan fingerprint density at radius 3 is 2.05 bits per heavy atom. The summed E-state index contributed by atoms with van der Waals surface area (Å²) >= 11 is 0. The minimum absolute atomic E-state index is 0.232. The molecule has 0 aliphatic heterocycles. The Labute approximate surface area is 368 Å². The van der Waals surface area contributed by atoms with Gasteiger partial charge in [-0.1, -0.05) is 191 Å². The quantitative estimate of drug-likeness (QED) is 0.0612. The number of hydrogen-bond donors (Lipinski definition) is 0. The predicted octanol–water partition coefficient (Wildman–Crippen LogP) is 15.9. The Hall–Kier alpha value is -6.82. The second kappa shape index (κ2) is 25.6. The van der Waals surface area contributed by atoms with Gasteiger partial charge in [-0.15, -0.1) is 12.3 Å². The van der Waals surface area contributed by atoms with Gasteiger partial charge < -0.3 is 9.80 Å². The molecule has 2 heteroatoms. The summed E-state index contributed by atoms with van der Waals surface area (Å²) < 4.78 is 0. The lowest BCUT2D eigenvalue weighted by Crippen LogP contribution is -2.21. The summed E-state index contributed by atoms with van der Waals surface area (Å²) in [7, 11) is 2.14. The Kier molecular flexibility index (Phi) is 19.7. The minimum atomic E-state index is 0.232. The second-order valence-electron chi connectivity index (χ2n) is 15.1. The van der Waals surface area contributed by atoms with Crippen molar-refractivity contribution in [2.75, 3.05) is 23.4 Å². The van der Waals surface area contributed by atoms with E-state index < -0.39 is 0 Å². The van der Waals surface area contributed by atoms with Gasteiger partial charge in [0.15, 0.2) is 0 Å². The van der Waals surface area contributed by atoms with Gasteiger partial charge in [-0.25, -0.2) is 0 Å². The van der Waals surface area contributed by atoms with E-state index in [2.05, 4.69) is 233 Å². The minimum Gasteiger partial charge on any atom is -0.370 e. The summed E-state index contributed by atoms with van der Waals surface area (Å²) in [5.41, 5.74) is 13.4. The third-order valence-corrected chi connectivity index (χ3v) is 10.4. The van der Waals surface area contributed by atoms with E-state index in [1.807, 2.05) is 19.1 Å². The van der Waals surface area contributed by atoms with Crippen LogP contribution >= 0.6 is 0 Å². The molecule has 61 heavy (non-hydrogen) atoms. The highest BCUT2D eigenvalue weighted by atomic mass is 15.2. The van der Waals surface area contributed by atoms with Gasteiger partial charge in [-0.2, -0.15) is 0 Å². The summed E-state index contributed by atoms with van der Waals surface area (Å²) in [5, 5.41) is 0. The molecule has 1 unspecified atom stereocenters. The molecule has 4 rings (SSSR count). The summed E-state index contributed by atoms with van der Waals surface area (Å²) in [6, 6.07) is 40.3. The van der Waals surface area contributed by atoms with Crippen LogP contribution in [0, 0.1) is 18.3 Å². The maximum absolute atomic E-state index is 6.25. The van der Waals surface area contributed by atoms with E-state index >= 15 is 0 Å². The number of anilines is 2. The van der Waals surface area contributed by atoms with Crippen LogP contribution in [-0.4, -0.2) is 13.6 Å². The zero-order valence-electron chi connectivity index (χ0n) is 37.3. The van der Waals surface area contributed by atoms with Crippen molar-refractivity contribution < 1.29 is 0 Å². The van der Waals surface area contributed by atoms with E-state index in [-0.39, 0.29) is 5.92 Å². The van der Waals surface area contributed by atoms with E-state index in [0.717, 1.165) is 64.4 Å². The highest BCUT2D eigenvalue weighted by Crippen LogP contribution is 2.37. The maximum Gasteiger partial charge on any atom is 0.0533 e. The number of para-hydroxylation sites is 2. The van der Waals surface area contributed by atoms with Gasteiger partial charge in [0.05, 0.1) is 5.69 Å². The van der Waals surface area contributed by atoms with Crippen molar-refractivity contribution >= 4 is 16.9 Å². The van der Waals surface area contributed by atoms with Crippen molar-refractivity contribution in [1.82, 2.24) is 0 Å².